The second-order valence-corrected chi connectivity index (χ2v) is 17.3. The molecule has 0 unspecified atom stereocenters. The number of esters is 1. The Balaban J connectivity index is 1.38. The summed E-state index contributed by atoms with van der Waals surface area (Å²) in [6.45, 7) is 5.44. The van der Waals surface area contributed by atoms with E-state index in [4.69, 9.17) is 65.0 Å². The van der Waals surface area contributed by atoms with Crippen molar-refractivity contribution < 1.29 is 28.2 Å². The second kappa shape index (κ2) is 17.5. The van der Waals surface area contributed by atoms with Crippen molar-refractivity contribution in [2.24, 2.45) is 5.41 Å². The van der Waals surface area contributed by atoms with Gasteiger partial charge in [-0.2, -0.15) is 0 Å². The number of hydrogen-bond donors (Lipinski definition) is 0. The summed E-state index contributed by atoms with van der Waals surface area (Å²) in [4.78, 5) is 42.5. The van der Waals surface area contributed by atoms with Crippen LogP contribution in [0.4, 0.5) is 0 Å². The highest BCUT2D eigenvalue weighted by Crippen LogP contribution is 2.47. The molecule has 0 N–H and O–H groups in total. The zero-order valence-corrected chi connectivity index (χ0v) is 37.2. The van der Waals surface area contributed by atoms with Crippen LogP contribution in [0.5, 0.6) is 17.2 Å². The normalized spacial score (nSPS) is 11.8. The van der Waals surface area contributed by atoms with Gasteiger partial charge in [0.1, 0.15) is 22.8 Å². The Bertz CT molecular complexity index is 2750. The largest absolute Gasteiger partial charge is 0.497 e. The summed E-state index contributed by atoms with van der Waals surface area (Å²) >= 11 is 26.7. The minimum Gasteiger partial charge on any atom is -0.497 e. The topological polar surface area (TPSA) is 95.3 Å². The van der Waals surface area contributed by atoms with Gasteiger partial charge in [0.25, 0.3) is 5.91 Å². The third kappa shape index (κ3) is 8.55. The molecule has 0 atom stereocenters. The first-order valence-corrected chi connectivity index (χ1v) is 20.8. The molecule has 0 radical (unpaired) electrons. The molecule has 1 heterocycles. The summed E-state index contributed by atoms with van der Waals surface area (Å²) in [5.41, 5.74) is 2.62. The zero-order valence-electron chi connectivity index (χ0n) is 34.2. The fourth-order valence-electron chi connectivity index (χ4n) is 7.49. The molecule has 0 aromatic heterocycles. The van der Waals surface area contributed by atoms with E-state index < -0.39 is 22.2 Å². The number of benzene rings is 6. The molecule has 61 heavy (non-hydrogen) atoms. The van der Waals surface area contributed by atoms with Gasteiger partial charge in [0, 0.05) is 53.2 Å². The molecule has 1 aliphatic carbocycles. The van der Waals surface area contributed by atoms with Crippen LogP contribution in [0.1, 0.15) is 54.2 Å². The highest BCUT2D eigenvalue weighted by molar-refractivity contribution is 6.42. The molecule has 2 aliphatic rings. The number of hydrogen-bond acceptors (Lipinski definition) is 7. The van der Waals surface area contributed by atoms with Gasteiger partial charge in [0.2, 0.25) is 5.43 Å². The van der Waals surface area contributed by atoms with Crippen LogP contribution < -0.4 is 19.6 Å². The average molecular weight is 898 g/mol. The fraction of sp³-hybridized carbons (Fsp3) is 0.204. The monoisotopic (exact) mass is 895 g/mol. The third-order valence-electron chi connectivity index (χ3n) is 10.8. The first-order chi connectivity index (χ1) is 29.0. The molecule has 0 fully saturated rings. The van der Waals surface area contributed by atoms with E-state index in [1.54, 1.807) is 59.1 Å². The SMILES string of the molecule is COc1ccc(C(CCN(C)C(=O)c2cc(Cl)c(Cl)cc2-c2c3cc(Cl)c(=O)cc-3oc3cc(OC(=O)C(C)(C)C)c(Cl)cc23)(c2ccccc2)c2ccc(OC)cc2)cc1. The van der Waals surface area contributed by atoms with Crippen LogP contribution in [-0.2, 0) is 10.2 Å². The van der Waals surface area contributed by atoms with Gasteiger partial charge in [-0.25, -0.2) is 0 Å². The molecule has 5 aromatic rings. The Morgan fingerprint density at radius 1 is 0.672 bits per heavy atom. The lowest BCUT2D eigenvalue weighted by Crippen LogP contribution is -2.36. The van der Waals surface area contributed by atoms with Crippen molar-refractivity contribution in [1.29, 1.82) is 0 Å². The highest BCUT2D eigenvalue weighted by Gasteiger charge is 2.37. The number of rotatable bonds is 11. The van der Waals surface area contributed by atoms with E-state index >= 15 is 4.79 Å². The van der Waals surface area contributed by atoms with Gasteiger partial charge in [-0.3, -0.25) is 14.4 Å². The van der Waals surface area contributed by atoms with Gasteiger partial charge in [-0.15, -0.1) is 0 Å². The summed E-state index contributed by atoms with van der Waals surface area (Å²) in [6.07, 6.45) is 0.457. The lowest BCUT2D eigenvalue weighted by atomic mass is 9.67. The van der Waals surface area contributed by atoms with E-state index in [0.717, 1.165) is 16.7 Å². The third-order valence-corrected chi connectivity index (χ3v) is 12.1. The van der Waals surface area contributed by atoms with E-state index in [1.165, 1.54) is 24.3 Å². The molecule has 12 heteroatoms. The van der Waals surface area contributed by atoms with E-state index in [0.29, 0.717) is 40.0 Å². The predicted octanol–water partition coefficient (Wildman–Crippen LogP) is 12.6. The fourth-order valence-corrected chi connectivity index (χ4v) is 8.19. The van der Waals surface area contributed by atoms with Crippen LogP contribution >= 0.6 is 46.4 Å². The lowest BCUT2D eigenvalue weighted by Gasteiger charge is -2.37. The van der Waals surface area contributed by atoms with Crippen molar-refractivity contribution in [2.75, 3.05) is 27.8 Å². The van der Waals surface area contributed by atoms with Crippen molar-refractivity contribution in [1.82, 2.24) is 4.90 Å². The number of ether oxygens (including phenoxy) is 3. The maximum Gasteiger partial charge on any atom is 0.316 e. The summed E-state index contributed by atoms with van der Waals surface area (Å²) in [5.74, 6) is 0.765. The van der Waals surface area contributed by atoms with Gasteiger partial charge in [-0.1, -0.05) is 101 Å². The number of carbonyl (C=O) groups excluding carboxylic acids is 2. The van der Waals surface area contributed by atoms with Gasteiger partial charge in [0.05, 0.1) is 39.7 Å². The average Bonchev–Trinajstić information content (AvgIpc) is 3.25. The molecule has 0 bridgehead atoms. The maximum atomic E-state index is 15.0. The van der Waals surface area contributed by atoms with Crippen LogP contribution in [-0.4, -0.2) is 44.6 Å². The van der Waals surface area contributed by atoms with Crippen molar-refractivity contribution >= 4 is 69.2 Å². The molecule has 8 nitrogen and oxygen atoms in total. The van der Waals surface area contributed by atoms with Gasteiger partial charge in [0.15, 0.2) is 5.75 Å². The molecule has 7 rings (SSSR count). The Morgan fingerprint density at radius 2 is 1.23 bits per heavy atom. The molecule has 0 saturated heterocycles. The number of fused-ring (bicyclic) bond motifs is 2. The minimum absolute atomic E-state index is 0.0558. The number of nitrogens with zero attached hydrogens (tertiary/aromatic N) is 1. The number of halogens is 4. The van der Waals surface area contributed by atoms with Crippen molar-refractivity contribution in [2.45, 2.75) is 32.6 Å². The molecule has 1 aliphatic heterocycles. The number of methoxy groups -OCH3 is 2. The van der Waals surface area contributed by atoms with Crippen molar-refractivity contribution in [3.8, 4) is 39.7 Å². The first kappa shape index (κ1) is 43.6. The lowest BCUT2D eigenvalue weighted by molar-refractivity contribution is -0.142. The van der Waals surface area contributed by atoms with Gasteiger partial charge < -0.3 is 23.5 Å². The molecule has 1 amide bonds. The van der Waals surface area contributed by atoms with Crippen LogP contribution in [0.25, 0.3) is 33.4 Å². The Labute approximate surface area is 373 Å². The van der Waals surface area contributed by atoms with E-state index in [-0.39, 0.29) is 55.2 Å². The molecule has 5 aromatic carbocycles. The first-order valence-electron chi connectivity index (χ1n) is 19.3. The molecule has 0 saturated carbocycles. The minimum atomic E-state index is -0.830. The van der Waals surface area contributed by atoms with E-state index in [2.05, 4.69) is 12.1 Å². The number of carbonyl (C=O) groups is 2. The van der Waals surface area contributed by atoms with Crippen LogP contribution in [0, 0.1) is 5.41 Å². The quantitative estimate of drug-likeness (QED) is 0.0552. The van der Waals surface area contributed by atoms with Crippen LogP contribution in [0.2, 0.25) is 20.1 Å². The van der Waals surface area contributed by atoms with Crippen LogP contribution in [0.15, 0.2) is 124 Å². The van der Waals surface area contributed by atoms with Gasteiger partial charge >= 0.3 is 5.97 Å². The smallest absolute Gasteiger partial charge is 0.316 e. The van der Waals surface area contributed by atoms with Crippen LogP contribution in [0.3, 0.4) is 0 Å². The molecule has 312 valence electrons. The van der Waals surface area contributed by atoms with Gasteiger partial charge in [-0.05, 0) is 98.0 Å². The summed E-state index contributed by atoms with van der Waals surface area (Å²) < 4.78 is 23.0. The summed E-state index contributed by atoms with van der Waals surface area (Å²) in [7, 11) is 4.99. The Morgan fingerprint density at radius 3 is 1.80 bits per heavy atom. The van der Waals surface area contributed by atoms with E-state index in [9.17, 15) is 9.59 Å². The molecule has 0 spiro atoms. The predicted molar refractivity (Wildman–Crippen MR) is 244 cm³/mol. The summed E-state index contributed by atoms with van der Waals surface area (Å²) in [6, 6.07) is 35.0. The van der Waals surface area contributed by atoms with Crippen molar-refractivity contribution in [3.05, 3.63) is 168 Å². The Kier molecular flexibility index (Phi) is 12.5. The van der Waals surface area contributed by atoms with Crippen molar-refractivity contribution in [3.63, 3.8) is 0 Å². The molecular weight excluding hydrogens is 856 g/mol. The maximum absolute atomic E-state index is 15.0. The van der Waals surface area contributed by atoms with E-state index in [1.807, 2.05) is 66.7 Å². The highest BCUT2D eigenvalue weighted by atomic mass is 35.5. The zero-order chi connectivity index (χ0) is 43.8. The second-order valence-electron chi connectivity index (χ2n) is 15.7. The standard InChI is InChI=1S/C49H41Cl4NO7/c1-48(2,3)47(57)61-44-27-43-36(25-40(44)53)45(35-24-39(52)41(55)26-42(35)60-43)33-22-37(50)38(51)23-34(33)46(56)54(4)21-20-49(28-10-8-7-9-11-28,29-12-16-31(58-5)17-13-29)30-14-18-32(59-6)19-15-30/h7-19,22-27H,20-21H2,1-6H3. The number of amides is 1. The summed E-state index contributed by atoms with van der Waals surface area (Å²) in [5, 5.41) is 0.797. The molecular formula is C49H41Cl4NO7. The Hall–Kier alpha value is -5.51.